The molecule has 0 unspecified atom stereocenters. The van der Waals surface area contributed by atoms with Crippen LogP contribution in [0.25, 0.3) is 67.7 Å². The summed E-state index contributed by atoms with van der Waals surface area (Å²) in [7, 11) is 0. The fourth-order valence-electron chi connectivity index (χ4n) is 7.02. The molecule has 0 aliphatic rings. The zero-order valence-electron chi connectivity index (χ0n) is 49.1. The van der Waals surface area contributed by atoms with Gasteiger partial charge in [0.15, 0.2) is 74.4 Å². The van der Waals surface area contributed by atoms with Gasteiger partial charge in [0.2, 0.25) is 0 Å². The molecular weight excluding hydrogens is 1160 g/mol. The highest BCUT2D eigenvalue weighted by molar-refractivity contribution is 6.33. The Morgan fingerprint density at radius 2 is 0.897 bits per heavy atom. The lowest BCUT2D eigenvalue weighted by molar-refractivity contribution is 0.0513. The monoisotopic (exact) mass is 1220 g/mol. The van der Waals surface area contributed by atoms with Crippen LogP contribution in [0.5, 0.6) is 17.2 Å². The van der Waals surface area contributed by atoms with Crippen LogP contribution in [0.4, 0.5) is 27.0 Å². The van der Waals surface area contributed by atoms with Gasteiger partial charge in [-0.1, -0.05) is 23.4 Å². The predicted octanol–water partition coefficient (Wildman–Crippen LogP) is 4.98. The minimum Gasteiger partial charge on any atom is -0.490 e. The largest absolute Gasteiger partial charge is 0.490 e. The van der Waals surface area contributed by atoms with E-state index < -0.39 is 34.6 Å². The summed E-state index contributed by atoms with van der Waals surface area (Å²) in [5.41, 5.74) is 23.6. The number of amides is 2. The number of alkyl carbamates (subject to hydrolysis) is 2. The van der Waals surface area contributed by atoms with Gasteiger partial charge in [0.25, 0.3) is 0 Å². The molecule has 9 aromatic heterocycles. The van der Waals surface area contributed by atoms with Crippen molar-refractivity contribution in [3.05, 3.63) is 35.1 Å². The van der Waals surface area contributed by atoms with Crippen LogP contribution in [0.15, 0.2) is 32.5 Å². The van der Waals surface area contributed by atoms with E-state index in [9.17, 15) is 19.8 Å². The van der Waals surface area contributed by atoms with Crippen molar-refractivity contribution >= 4 is 74.3 Å². The van der Waals surface area contributed by atoms with Crippen LogP contribution in [0.2, 0.25) is 5.15 Å². The normalized spacial score (nSPS) is 11.6. The van der Waals surface area contributed by atoms with E-state index >= 15 is 0 Å². The molecule has 33 nitrogen and oxygen atoms in total. The fraction of sp³-hybridized carbons (Fsp3) is 0.434. The van der Waals surface area contributed by atoms with E-state index in [-0.39, 0.29) is 39.7 Å². The molecule has 0 saturated carbocycles. The second kappa shape index (κ2) is 27.7. The number of hydrogen-bond acceptors (Lipinski definition) is 28. The summed E-state index contributed by atoms with van der Waals surface area (Å²) >= 11 is 6.11. The summed E-state index contributed by atoms with van der Waals surface area (Å²) in [4.78, 5) is 58.5. The van der Waals surface area contributed by atoms with Crippen molar-refractivity contribution in [2.45, 2.75) is 111 Å². The van der Waals surface area contributed by atoms with Gasteiger partial charge in [0.05, 0.1) is 38.4 Å². The number of carbonyl (C=O) groups is 2. The fourth-order valence-corrected chi connectivity index (χ4v) is 7.21. The number of imidazole rings is 3. The number of nitrogens with zero attached hydrogens (tertiary/aromatic N) is 12. The molecule has 9 aromatic rings. The summed E-state index contributed by atoms with van der Waals surface area (Å²) in [5.74, 6) is 13.7. The molecule has 2 amide bonds. The number of fused-ring (bicyclic) bond motifs is 3. The van der Waals surface area contributed by atoms with Crippen LogP contribution >= 0.6 is 11.6 Å². The average Bonchev–Trinajstić information content (AvgIpc) is 2.18. The number of pyridine rings is 3. The van der Waals surface area contributed by atoms with Gasteiger partial charge in [-0.2, -0.15) is 0 Å². The minimum atomic E-state index is -1.20. The van der Waals surface area contributed by atoms with Crippen molar-refractivity contribution in [1.29, 1.82) is 0 Å². The Labute approximate surface area is 500 Å². The van der Waals surface area contributed by atoms with Crippen LogP contribution < -0.4 is 47.8 Å². The Morgan fingerprint density at radius 1 is 0.552 bits per heavy atom. The molecule has 0 aliphatic heterocycles. The summed E-state index contributed by atoms with van der Waals surface area (Å²) in [6, 6.07) is 0. The van der Waals surface area contributed by atoms with Crippen LogP contribution in [0.1, 0.15) is 99.9 Å². The molecule has 87 heavy (non-hydrogen) atoms. The summed E-state index contributed by atoms with van der Waals surface area (Å²) < 4.78 is 41.5. The van der Waals surface area contributed by atoms with Crippen molar-refractivity contribution < 1.29 is 57.4 Å². The first-order valence-electron chi connectivity index (χ1n) is 26.7. The molecule has 0 spiro atoms. The molecule has 9 rings (SSSR count). The lowest BCUT2D eigenvalue weighted by Crippen LogP contribution is -2.33. The van der Waals surface area contributed by atoms with Crippen molar-refractivity contribution in [2.75, 3.05) is 56.7 Å². The van der Waals surface area contributed by atoms with E-state index in [1.807, 2.05) is 0 Å². The first-order chi connectivity index (χ1) is 41.1. The number of H-pyrrole nitrogens is 3. The first kappa shape index (κ1) is 64.5. The van der Waals surface area contributed by atoms with E-state index in [0.717, 1.165) is 0 Å². The number of halogens is 1. The number of carbonyl (C=O) groups excluding carboxylic acids is 2. The predicted molar refractivity (Wildman–Crippen MR) is 314 cm³/mol. The van der Waals surface area contributed by atoms with Gasteiger partial charge in [-0.25, -0.2) is 53.4 Å². The molecule has 0 radical (unpaired) electrons. The van der Waals surface area contributed by atoms with Gasteiger partial charge in [0.1, 0.15) is 66.9 Å². The number of rotatable bonds is 17. The number of nitrogens with one attached hydrogen (secondary N) is 5. The van der Waals surface area contributed by atoms with Crippen molar-refractivity contribution in [1.82, 2.24) is 86.4 Å². The molecule has 0 atom stereocenters. The Kier molecular flexibility index (Phi) is 20.6. The third kappa shape index (κ3) is 18.5. The van der Waals surface area contributed by atoms with Gasteiger partial charge in [0, 0.05) is 13.1 Å². The van der Waals surface area contributed by atoms with Crippen LogP contribution in [-0.2, 0) is 9.47 Å². The maximum absolute atomic E-state index is 11.7. The number of anilines is 3. The molecule has 9 heterocycles. The van der Waals surface area contributed by atoms with Crippen molar-refractivity contribution in [3.8, 4) is 75.5 Å². The lowest BCUT2D eigenvalue weighted by atomic mass is 10.1. The number of aliphatic hydroxyl groups is 2. The Balaban J connectivity index is 0.000000188. The first-order valence-corrected chi connectivity index (χ1v) is 27.0. The molecule has 15 N–H and O–H groups in total. The average molecular weight is 1220 g/mol. The van der Waals surface area contributed by atoms with Crippen LogP contribution in [0, 0.1) is 23.7 Å². The summed E-state index contributed by atoms with van der Waals surface area (Å²) in [5, 5.41) is 47.1. The molecule has 0 aromatic carbocycles. The summed E-state index contributed by atoms with van der Waals surface area (Å²) in [6.45, 7) is 19.4. The van der Waals surface area contributed by atoms with Gasteiger partial charge >= 0.3 is 12.2 Å². The van der Waals surface area contributed by atoms with Gasteiger partial charge < -0.3 is 82.4 Å². The number of aromatic nitrogens is 15. The molecular formula is C53H66ClN21O12. The second-order valence-electron chi connectivity index (χ2n) is 21.6. The van der Waals surface area contributed by atoms with Crippen LogP contribution in [-0.4, -0.2) is 160 Å². The van der Waals surface area contributed by atoms with E-state index in [1.54, 1.807) is 75.4 Å². The molecule has 0 saturated heterocycles. The molecule has 34 heteroatoms. The maximum atomic E-state index is 11.7. The highest BCUT2D eigenvalue weighted by Crippen LogP contribution is 2.33. The zero-order chi connectivity index (χ0) is 63.3. The lowest BCUT2D eigenvalue weighted by Gasteiger charge is -2.19. The van der Waals surface area contributed by atoms with Gasteiger partial charge in [-0.3, -0.25) is 0 Å². The Bertz CT molecular complexity index is 3950. The third-order valence-corrected chi connectivity index (χ3v) is 11.0. The van der Waals surface area contributed by atoms with Crippen molar-refractivity contribution in [3.63, 3.8) is 0 Å². The van der Waals surface area contributed by atoms with E-state index in [4.69, 9.17) is 58.2 Å². The quantitative estimate of drug-likeness (QED) is 0.0325. The zero-order valence-corrected chi connectivity index (χ0v) is 49.9. The Hall–Kier alpha value is -10.1. The number of aromatic amines is 3. The standard InChI is InChI=1S/C21H27N7O5.C16H20ClN7O4.C16H19N7O3/c1-20(2,3)32-19(29)23-9-6-10-31-13-11-24-12(7-8-21(4,5)30)14-15(13)26-18(25-14)16-17(22)28-33-27-16;1-16(2,3)27-15(25)19-5-4-6-26-8-7-20-12(17)10-9(8)21-14(22-10)11-13(18)24-28-23-11;1-16(2,24)5-4-9-11-12(10(8-19-9)25-7-3-6-17)21-15(20-11)13-14(18)23-26-22-13/h11,30H,6,9-10H2,1-5H3,(H2,22,28)(H,23,29)(H,25,26);7H,4-6H2,1-3H3,(H2,18,24)(H,19,25)(H,21,22);8,24H,3,6-7,17H2,1-2H3,(H2,18,23)(H,20,21). The minimum absolute atomic E-state index is 0.0711. The number of nitrogen functional groups attached to an aromatic ring is 3. The summed E-state index contributed by atoms with van der Waals surface area (Å²) in [6.07, 6.45) is 5.36. The number of hydrogen-bond donors (Lipinski definition) is 11. The van der Waals surface area contributed by atoms with Crippen LogP contribution in [0.3, 0.4) is 0 Å². The maximum Gasteiger partial charge on any atom is 0.407 e. The molecule has 462 valence electrons. The van der Waals surface area contributed by atoms with E-state index in [1.165, 1.54) is 12.4 Å². The topological polar surface area (TPSA) is 490 Å². The Morgan fingerprint density at radius 3 is 1.23 bits per heavy atom. The smallest absolute Gasteiger partial charge is 0.407 e. The highest BCUT2D eigenvalue weighted by Gasteiger charge is 2.24. The molecule has 0 fully saturated rings. The van der Waals surface area contributed by atoms with Gasteiger partial charge in [-0.15, -0.1) is 0 Å². The highest BCUT2D eigenvalue weighted by atomic mass is 35.5. The van der Waals surface area contributed by atoms with Crippen molar-refractivity contribution in [2.24, 2.45) is 5.73 Å². The number of ether oxygens (including phenoxy) is 5. The number of nitrogens with two attached hydrogens (primary N) is 4. The molecule has 0 bridgehead atoms. The van der Waals surface area contributed by atoms with E-state index in [2.05, 4.69) is 124 Å². The third-order valence-electron chi connectivity index (χ3n) is 10.7. The van der Waals surface area contributed by atoms with E-state index in [0.29, 0.717) is 138 Å². The second-order valence-corrected chi connectivity index (χ2v) is 22.0. The van der Waals surface area contributed by atoms with Gasteiger partial charge in [-0.05, 0) is 138 Å². The molecule has 0 aliphatic carbocycles. The SMILES string of the molecule is CC(C)(C)OC(=O)NCCCOc1cnc(Cl)c2nc(-c3nonc3N)[nH]c12.CC(C)(O)C#Cc1ncc(OCCCN)c2[nH]c(-c3nonc3N)nc12.CC(C)(O)C#Cc1ncc(OCCCNC(=O)OC(C)(C)C)c2[nH]c(-c3nonc3N)nc12.